The van der Waals surface area contributed by atoms with Gasteiger partial charge in [-0.3, -0.25) is 9.79 Å². The number of rotatable bonds is 16. The summed E-state index contributed by atoms with van der Waals surface area (Å²) in [5.74, 6) is 0.357. The van der Waals surface area contributed by atoms with Crippen molar-refractivity contribution in [2.24, 2.45) is 10.9 Å². The average molecular weight is 469 g/mol. The number of aryl methyl sites for hydroxylation is 1. The van der Waals surface area contributed by atoms with Crippen LogP contribution in [0, 0.1) is 5.92 Å². The molecule has 2 aliphatic rings. The molecule has 0 bridgehead atoms. The first-order chi connectivity index (χ1) is 16.5. The summed E-state index contributed by atoms with van der Waals surface area (Å²) >= 11 is 0. The minimum Gasteiger partial charge on any atom is -0.504 e. The fourth-order valence-corrected chi connectivity index (χ4v) is 4.57. The molecule has 6 heteroatoms. The van der Waals surface area contributed by atoms with Crippen LogP contribution < -0.4 is 4.74 Å². The lowest BCUT2D eigenvalue weighted by molar-refractivity contribution is -0.126. The third kappa shape index (κ3) is 7.45. The third-order valence-corrected chi connectivity index (χ3v) is 6.66. The van der Waals surface area contributed by atoms with Gasteiger partial charge in [-0.1, -0.05) is 58.4 Å². The summed E-state index contributed by atoms with van der Waals surface area (Å²) < 4.78 is 5.87. The Balaban J connectivity index is 1.53. The van der Waals surface area contributed by atoms with Crippen LogP contribution in [0.5, 0.6) is 11.5 Å². The lowest BCUT2D eigenvalue weighted by Crippen LogP contribution is -2.28. The van der Waals surface area contributed by atoms with Crippen LogP contribution in [0.25, 0.3) is 0 Å². The van der Waals surface area contributed by atoms with Crippen LogP contribution in [0.4, 0.5) is 0 Å². The van der Waals surface area contributed by atoms with Gasteiger partial charge in [0.15, 0.2) is 18.2 Å². The van der Waals surface area contributed by atoms with Crippen LogP contribution >= 0.6 is 0 Å². The Bertz CT molecular complexity index is 906. The van der Waals surface area contributed by atoms with Crippen molar-refractivity contribution in [2.45, 2.75) is 84.2 Å². The number of aliphatic hydroxyl groups excluding tert-OH is 1. The normalized spacial score (nSPS) is 16.3. The molecule has 2 N–H and O–H groups in total. The van der Waals surface area contributed by atoms with E-state index in [9.17, 15) is 15.0 Å². The largest absolute Gasteiger partial charge is 0.504 e. The van der Waals surface area contributed by atoms with E-state index in [-0.39, 0.29) is 17.5 Å². The number of phenolic OH excluding ortho intramolecular Hbond substituents is 1. The maximum Gasteiger partial charge on any atom is 0.163 e. The quantitative estimate of drug-likeness (QED) is 0.312. The number of Topliss-reactive ketones (excluding diaryl/α,β-unsaturated/α-hetero) is 1. The highest BCUT2D eigenvalue weighted by Crippen LogP contribution is 2.29. The van der Waals surface area contributed by atoms with Crippen molar-refractivity contribution in [1.29, 1.82) is 0 Å². The van der Waals surface area contributed by atoms with Gasteiger partial charge in [0.25, 0.3) is 0 Å². The Morgan fingerprint density at radius 1 is 1.15 bits per heavy atom. The van der Waals surface area contributed by atoms with Crippen molar-refractivity contribution >= 4 is 11.5 Å². The van der Waals surface area contributed by atoms with Crippen molar-refractivity contribution < 1.29 is 19.7 Å². The topological polar surface area (TPSA) is 82.4 Å². The number of aromatic hydroxyl groups is 1. The molecule has 2 heterocycles. The average Bonchev–Trinajstić information content (AvgIpc) is 3.42. The van der Waals surface area contributed by atoms with Crippen LogP contribution in [0.2, 0.25) is 0 Å². The Kier molecular flexibility index (Phi) is 10.2. The maximum absolute atomic E-state index is 13.1. The number of ketones is 1. The Hall–Kier alpha value is -2.60. The van der Waals surface area contributed by atoms with E-state index in [1.165, 1.54) is 0 Å². The van der Waals surface area contributed by atoms with E-state index >= 15 is 0 Å². The highest BCUT2D eigenvalue weighted by molar-refractivity contribution is 6.07. The number of aliphatic hydroxyl groups is 1. The minimum atomic E-state index is -0.553. The summed E-state index contributed by atoms with van der Waals surface area (Å²) in [6.07, 6.45) is 13.9. The standard InChI is InChI=1S/C28H40N2O4/c1-3-5-7-9-23(25(31)10-8-6-4-2)26(32)13-11-21-12-14-27(33)28(17-21)34-20-30-18-22-15-16-29-24(22)19-30/h12,14-18,23,25,31,33H,3-11,13,19-20H2,1-2H3. The summed E-state index contributed by atoms with van der Waals surface area (Å²) in [7, 11) is 0. The number of hydrogen-bond donors (Lipinski definition) is 2. The highest BCUT2D eigenvalue weighted by Gasteiger charge is 2.26. The monoisotopic (exact) mass is 468 g/mol. The van der Waals surface area contributed by atoms with E-state index in [4.69, 9.17) is 4.74 Å². The molecule has 186 valence electrons. The van der Waals surface area contributed by atoms with Gasteiger partial charge < -0.3 is 19.8 Å². The second-order valence-corrected chi connectivity index (χ2v) is 9.43. The van der Waals surface area contributed by atoms with E-state index in [0.717, 1.165) is 61.8 Å². The maximum atomic E-state index is 13.1. The lowest BCUT2D eigenvalue weighted by atomic mass is 9.86. The van der Waals surface area contributed by atoms with Crippen molar-refractivity contribution in [3.05, 3.63) is 47.8 Å². The molecule has 0 aromatic heterocycles. The number of hydrogen-bond acceptors (Lipinski definition) is 6. The number of fused-ring (bicyclic) bond motifs is 1. The molecule has 2 aliphatic heterocycles. The SMILES string of the molecule is CCCCCC(O)C(CCCCC)C(=O)CCc1ccc(O)c(OCN2C=C3C=CN=C3C2)c1. The van der Waals surface area contributed by atoms with Gasteiger partial charge in [-0.15, -0.1) is 0 Å². The summed E-state index contributed by atoms with van der Waals surface area (Å²) in [6.45, 7) is 5.30. The molecule has 3 rings (SSSR count). The predicted octanol–water partition coefficient (Wildman–Crippen LogP) is 5.54. The number of carbonyl (C=O) groups excluding carboxylic acids is 1. The highest BCUT2D eigenvalue weighted by atomic mass is 16.5. The van der Waals surface area contributed by atoms with Gasteiger partial charge >= 0.3 is 0 Å². The molecule has 0 saturated heterocycles. The molecule has 2 unspecified atom stereocenters. The predicted molar refractivity (Wildman–Crippen MR) is 136 cm³/mol. The summed E-state index contributed by atoms with van der Waals surface area (Å²) in [4.78, 5) is 19.4. The molecule has 2 atom stereocenters. The summed E-state index contributed by atoms with van der Waals surface area (Å²) in [6, 6.07) is 5.27. The molecule has 1 aromatic rings. The lowest BCUT2D eigenvalue weighted by Gasteiger charge is -2.22. The van der Waals surface area contributed by atoms with E-state index in [1.54, 1.807) is 12.3 Å². The number of allylic oxidation sites excluding steroid dienone is 1. The molecule has 0 fully saturated rings. The molecular weight excluding hydrogens is 428 g/mol. The zero-order valence-electron chi connectivity index (χ0n) is 20.7. The second kappa shape index (κ2) is 13.3. The van der Waals surface area contributed by atoms with E-state index < -0.39 is 6.10 Å². The van der Waals surface area contributed by atoms with Crippen LogP contribution in [-0.4, -0.2) is 46.0 Å². The van der Waals surface area contributed by atoms with Crippen LogP contribution in [0.15, 0.2) is 47.2 Å². The van der Waals surface area contributed by atoms with E-state index in [1.807, 2.05) is 29.3 Å². The Morgan fingerprint density at radius 3 is 2.65 bits per heavy atom. The van der Waals surface area contributed by atoms with Crippen molar-refractivity contribution in [1.82, 2.24) is 4.90 Å². The van der Waals surface area contributed by atoms with Gasteiger partial charge in [0.1, 0.15) is 5.78 Å². The van der Waals surface area contributed by atoms with Crippen molar-refractivity contribution in [3.63, 3.8) is 0 Å². The van der Waals surface area contributed by atoms with Gasteiger partial charge in [0.2, 0.25) is 0 Å². The van der Waals surface area contributed by atoms with Gasteiger partial charge in [-0.05, 0) is 43.0 Å². The molecule has 1 aromatic carbocycles. The number of aliphatic imine (C=N–C) groups is 1. The Morgan fingerprint density at radius 2 is 1.91 bits per heavy atom. The van der Waals surface area contributed by atoms with Gasteiger partial charge in [-0.25, -0.2) is 0 Å². The number of unbranched alkanes of at least 4 members (excludes halogenated alkanes) is 4. The number of nitrogens with zero attached hydrogens (tertiary/aromatic N) is 2. The fourth-order valence-electron chi connectivity index (χ4n) is 4.57. The molecule has 0 spiro atoms. The minimum absolute atomic E-state index is 0.0862. The summed E-state index contributed by atoms with van der Waals surface area (Å²) in [5, 5.41) is 21.0. The number of benzene rings is 1. The van der Waals surface area contributed by atoms with Crippen LogP contribution in [0.1, 0.15) is 77.2 Å². The second-order valence-electron chi connectivity index (χ2n) is 9.43. The first-order valence-corrected chi connectivity index (χ1v) is 12.9. The van der Waals surface area contributed by atoms with Crippen LogP contribution in [0.3, 0.4) is 0 Å². The molecule has 0 radical (unpaired) electrons. The molecule has 0 aliphatic carbocycles. The van der Waals surface area contributed by atoms with E-state index in [2.05, 4.69) is 18.8 Å². The van der Waals surface area contributed by atoms with Gasteiger partial charge in [0.05, 0.1) is 18.4 Å². The zero-order valence-corrected chi connectivity index (χ0v) is 20.7. The number of carbonyl (C=O) groups is 1. The molecule has 0 amide bonds. The molecule has 34 heavy (non-hydrogen) atoms. The first kappa shape index (κ1) is 26.0. The summed E-state index contributed by atoms with van der Waals surface area (Å²) in [5.41, 5.74) is 3.08. The fraction of sp³-hybridized carbons (Fsp3) is 0.571. The number of ether oxygens (including phenoxy) is 1. The van der Waals surface area contributed by atoms with Gasteiger partial charge in [0, 0.05) is 30.3 Å². The van der Waals surface area contributed by atoms with Crippen molar-refractivity contribution in [3.8, 4) is 11.5 Å². The molecule has 6 nitrogen and oxygen atoms in total. The van der Waals surface area contributed by atoms with E-state index in [0.29, 0.717) is 38.3 Å². The number of phenols is 1. The van der Waals surface area contributed by atoms with Crippen LogP contribution in [-0.2, 0) is 11.2 Å². The van der Waals surface area contributed by atoms with Crippen molar-refractivity contribution in [2.75, 3.05) is 13.3 Å². The first-order valence-electron chi connectivity index (χ1n) is 12.9. The molecule has 0 saturated carbocycles. The zero-order chi connectivity index (χ0) is 24.3. The molecular formula is C28H40N2O4. The smallest absolute Gasteiger partial charge is 0.163 e. The Labute approximate surface area is 204 Å². The third-order valence-electron chi connectivity index (χ3n) is 6.66. The van der Waals surface area contributed by atoms with Gasteiger partial charge in [-0.2, -0.15) is 0 Å².